The quantitative estimate of drug-likeness (QED) is 0.869. The number of nitrogens with zero attached hydrogens (tertiary/aromatic N) is 3. The van der Waals surface area contributed by atoms with Crippen molar-refractivity contribution in [3.63, 3.8) is 0 Å². The Morgan fingerprint density at radius 1 is 1.04 bits per heavy atom. The third-order valence-corrected chi connectivity index (χ3v) is 7.65. The molecule has 0 spiro atoms. The average molecular weight is 369 g/mol. The van der Waals surface area contributed by atoms with Gasteiger partial charge in [-0.25, -0.2) is 4.79 Å². The van der Waals surface area contributed by atoms with E-state index in [-0.39, 0.29) is 18.1 Å². The van der Waals surface area contributed by atoms with Gasteiger partial charge >= 0.3 is 6.03 Å². The molecule has 2 N–H and O–H groups in total. The molecule has 0 bridgehead atoms. The number of nitrogens with two attached hydrogens (primary N) is 1. The summed E-state index contributed by atoms with van der Waals surface area (Å²) in [5, 5.41) is 0. The summed E-state index contributed by atoms with van der Waals surface area (Å²) in [6.07, 6.45) is 8.92. The van der Waals surface area contributed by atoms with Crippen molar-refractivity contribution < 1.29 is 4.79 Å². The van der Waals surface area contributed by atoms with E-state index in [0.717, 1.165) is 25.2 Å². The molecule has 2 atom stereocenters. The standard InChI is InChI=1S/C22H32N4O/c23-19-8-14-25-20(19)16-26(21(25)27)18-6-4-17(5-7-18)22(9-3-10-22)11-15-24-12-1-2-13-24/h4-7,19-20H,1-3,8-16,23H2/t19-,20-/m1/s1. The number of likely N-dealkylation sites (tertiary alicyclic amines) is 1. The maximum atomic E-state index is 12.7. The third-order valence-electron chi connectivity index (χ3n) is 7.65. The predicted molar refractivity (Wildman–Crippen MR) is 108 cm³/mol. The van der Waals surface area contributed by atoms with Crippen LogP contribution in [-0.4, -0.2) is 60.6 Å². The number of rotatable bonds is 5. The van der Waals surface area contributed by atoms with E-state index in [1.165, 1.54) is 63.7 Å². The smallest absolute Gasteiger partial charge is 0.324 e. The molecule has 4 fully saturated rings. The molecule has 0 unspecified atom stereocenters. The highest BCUT2D eigenvalue weighted by Gasteiger charge is 2.45. The van der Waals surface area contributed by atoms with Crippen molar-refractivity contribution in [2.24, 2.45) is 5.73 Å². The van der Waals surface area contributed by atoms with Crippen LogP contribution in [-0.2, 0) is 5.41 Å². The van der Waals surface area contributed by atoms with Gasteiger partial charge in [0.15, 0.2) is 0 Å². The van der Waals surface area contributed by atoms with Gasteiger partial charge in [0, 0.05) is 24.8 Å². The van der Waals surface area contributed by atoms with Gasteiger partial charge in [-0.3, -0.25) is 4.90 Å². The highest BCUT2D eigenvalue weighted by Crippen LogP contribution is 2.47. The molecule has 5 rings (SSSR count). The minimum atomic E-state index is 0.127. The Bertz CT molecular complexity index is 693. The molecule has 1 aromatic rings. The van der Waals surface area contributed by atoms with E-state index in [2.05, 4.69) is 29.2 Å². The van der Waals surface area contributed by atoms with E-state index in [0.29, 0.717) is 5.41 Å². The van der Waals surface area contributed by atoms with Crippen molar-refractivity contribution in [2.75, 3.05) is 37.6 Å². The fraction of sp³-hybridized carbons (Fsp3) is 0.682. The van der Waals surface area contributed by atoms with Crippen LogP contribution in [0.1, 0.15) is 50.5 Å². The van der Waals surface area contributed by atoms with Gasteiger partial charge in [0.1, 0.15) is 0 Å². The van der Waals surface area contributed by atoms with Gasteiger partial charge in [-0.05, 0) is 81.3 Å². The van der Waals surface area contributed by atoms with Crippen LogP contribution in [0.5, 0.6) is 0 Å². The van der Waals surface area contributed by atoms with Crippen LogP contribution in [0.3, 0.4) is 0 Å². The zero-order chi connectivity index (χ0) is 18.4. The Kier molecular flexibility index (Phi) is 4.40. The molecule has 5 nitrogen and oxygen atoms in total. The fourth-order valence-corrected chi connectivity index (χ4v) is 5.64. The molecule has 1 saturated carbocycles. The molecular formula is C22H32N4O. The Hall–Kier alpha value is -1.59. The molecule has 2 amide bonds. The monoisotopic (exact) mass is 368 g/mol. The van der Waals surface area contributed by atoms with E-state index in [4.69, 9.17) is 5.73 Å². The zero-order valence-electron chi connectivity index (χ0n) is 16.3. The second-order valence-corrected chi connectivity index (χ2v) is 9.09. The van der Waals surface area contributed by atoms with Gasteiger partial charge in [0.2, 0.25) is 0 Å². The van der Waals surface area contributed by atoms with Crippen LogP contribution in [0.2, 0.25) is 0 Å². The van der Waals surface area contributed by atoms with Crippen LogP contribution < -0.4 is 10.6 Å². The summed E-state index contributed by atoms with van der Waals surface area (Å²) in [7, 11) is 0. The van der Waals surface area contributed by atoms with Crippen LogP contribution in [0, 0.1) is 0 Å². The van der Waals surface area contributed by atoms with Gasteiger partial charge in [0.25, 0.3) is 0 Å². The number of anilines is 1. The van der Waals surface area contributed by atoms with Gasteiger partial charge in [-0.15, -0.1) is 0 Å². The normalized spacial score (nSPS) is 30.0. The van der Waals surface area contributed by atoms with Crippen molar-refractivity contribution in [1.29, 1.82) is 0 Å². The lowest BCUT2D eigenvalue weighted by Gasteiger charge is -2.43. The number of hydrogen-bond donors (Lipinski definition) is 1. The molecule has 4 aliphatic rings. The Balaban J connectivity index is 1.29. The Morgan fingerprint density at radius 3 is 2.41 bits per heavy atom. The molecule has 0 radical (unpaired) electrons. The van der Waals surface area contributed by atoms with Crippen molar-refractivity contribution in [1.82, 2.24) is 9.80 Å². The second kappa shape index (κ2) is 6.78. The molecule has 1 aliphatic carbocycles. The van der Waals surface area contributed by atoms with Crippen molar-refractivity contribution in [2.45, 2.75) is 62.4 Å². The summed E-state index contributed by atoms with van der Waals surface area (Å²) in [4.78, 5) is 19.2. The molecule has 3 heterocycles. The predicted octanol–water partition coefficient (Wildman–Crippen LogP) is 2.94. The largest absolute Gasteiger partial charge is 0.326 e. The number of carbonyl (C=O) groups is 1. The molecule has 3 aliphatic heterocycles. The Morgan fingerprint density at radius 2 is 1.78 bits per heavy atom. The minimum absolute atomic E-state index is 0.127. The highest BCUT2D eigenvalue weighted by molar-refractivity contribution is 5.95. The van der Waals surface area contributed by atoms with Crippen LogP contribution in [0.4, 0.5) is 10.5 Å². The second-order valence-electron chi connectivity index (χ2n) is 9.09. The molecule has 5 heteroatoms. The SMILES string of the molecule is N[C@@H]1CCN2C(=O)N(c3ccc(C4(CCN5CCCC5)CCC4)cc3)C[C@H]12. The molecule has 3 saturated heterocycles. The lowest BCUT2D eigenvalue weighted by Crippen LogP contribution is -2.38. The first-order valence-corrected chi connectivity index (χ1v) is 10.8. The number of urea groups is 1. The minimum Gasteiger partial charge on any atom is -0.326 e. The molecule has 1 aromatic carbocycles. The first kappa shape index (κ1) is 17.5. The van der Waals surface area contributed by atoms with Gasteiger partial charge in [-0.2, -0.15) is 0 Å². The summed E-state index contributed by atoms with van der Waals surface area (Å²) in [6, 6.07) is 9.35. The van der Waals surface area contributed by atoms with Crippen LogP contribution in [0.15, 0.2) is 24.3 Å². The maximum Gasteiger partial charge on any atom is 0.324 e. The number of amides is 2. The number of benzene rings is 1. The van der Waals surface area contributed by atoms with Gasteiger partial charge in [0.05, 0.1) is 6.04 Å². The van der Waals surface area contributed by atoms with E-state index in [1.807, 2.05) is 9.80 Å². The van der Waals surface area contributed by atoms with Crippen molar-refractivity contribution >= 4 is 11.7 Å². The van der Waals surface area contributed by atoms with E-state index in [9.17, 15) is 4.79 Å². The summed E-state index contributed by atoms with van der Waals surface area (Å²) >= 11 is 0. The molecule has 27 heavy (non-hydrogen) atoms. The lowest BCUT2D eigenvalue weighted by molar-refractivity contribution is 0.190. The summed E-state index contributed by atoms with van der Waals surface area (Å²) in [6.45, 7) is 5.34. The number of carbonyl (C=O) groups excluding carboxylic acids is 1. The topological polar surface area (TPSA) is 52.8 Å². The van der Waals surface area contributed by atoms with Crippen molar-refractivity contribution in [3.05, 3.63) is 29.8 Å². The third kappa shape index (κ3) is 2.95. The first-order valence-electron chi connectivity index (χ1n) is 10.8. The fourth-order valence-electron chi connectivity index (χ4n) is 5.64. The van der Waals surface area contributed by atoms with Crippen LogP contribution >= 0.6 is 0 Å². The molecule has 0 aromatic heterocycles. The highest BCUT2D eigenvalue weighted by atomic mass is 16.2. The van der Waals surface area contributed by atoms with Crippen LogP contribution in [0.25, 0.3) is 0 Å². The summed E-state index contributed by atoms with van der Waals surface area (Å²) in [5.41, 5.74) is 9.06. The molecular weight excluding hydrogens is 336 g/mol. The van der Waals surface area contributed by atoms with E-state index < -0.39 is 0 Å². The van der Waals surface area contributed by atoms with E-state index >= 15 is 0 Å². The van der Waals surface area contributed by atoms with Gasteiger partial charge < -0.3 is 15.5 Å². The summed E-state index contributed by atoms with van der Waals surface area (Å²) in [5.74, 6) is 0. The molecule has 146 valence electrons. The first-order chi connectivity index (χ1) is 13.2. The number of hydrogen-bond acceptors (Lipinski definition) is 3. The lowest BCUT2D eigenvalue weighted by atomic mass is 9.62. The summed E-state index contributed by atoms with van der Waals surface area (Å²) < 4.78 is 0. The number of fused-ring (bicyclic) bond motifs is 1. The maximum absolute atomic E-state index is 12.7. The Labute approximate surface area is 162 Å². The average Bonchev–Trinajstić information content (AvgIpc) is 3.35. The van der Waals surface area contributed by atoms with Crippen molar-refractivity contribution in [3.8, 4) is 0 Å². The van der Waals surface area contributed by atoms with E-state index in [1.54, 1.807) is 0 Å². The zero-order valence-corrected chi connectivity index (χ0v) is 16.3. The van der Waals surface area contributed by atoms with Gasteiger partial charge in [-0.1, -0.05) is 18.6 Å².